The molecule has 8 nitrogen and oxygen atoms in total. The number of hydrogen-bond donors (Lipinski definition) is 1. The van der Waals surface area contributed by atoms with Crippen molar-refractivity contribution in [2.24, 2.45) is 0 Å². The van der Waals surface area contributed by atoms with Crippen LogP contribution in [0, 0.1) is 13.8 Å². The monoisotopic (exact) mass is 731 g/mol. The van der Waals surface area contributed by atoms with Gasteiger partial charge in [0.1, 0.15) is 18.3 Å². The average molecular weight is 733 g/mol. The second-order valence-corrected chi connectivity index (χ2v) is 15.0. The van der Waals surface area contributed by atoms with Gasteiger partial charge in [0.05, 0.1) is 22.2 Å². The SMILES string of the molecule is COc1ccc(S(=O)(=O)N(CC(=O)N(Cc2ccccc2C)[C@H](Cc2ccccc2)C(=O)NC2CCCC2)c2ccc(C)cc2)cc1Br. The fraction of sp³-hybridized carbons (Fsp3) is 0.316. The van der Waals surface area contributed by atoms with Crippen LogP contribution >= 0.6 is 15.9 Å². The molecule has 5 rings (SSSR count). The molecule has 2 amide bonds. The summed E-state index contributed by atoms with van der Waals surface area (Å²) in [4.78, 5) is 30.5. The Balaban J connectivity index is 1.58. The highest BCUT2D eigenvalue weighted by Gasteiger charge is 2.36. The van der Waals surface area contributed by atoms with E-state index in [0.717, 1.165) is 52.2 Å². The number of carbonyl (C=O) groups excluding carboxylic acids is 2. The molecule has 1 aliphatic carbocycles. The highest BCUT2D eigenvalue weighted by Crippen LogP contribution is 2.31. The summed E-state index contributed by atoms with van der Waals surface area (Å²) >= 11 is 3.41. The molecule has 1 N–H and O–H groups in total. The van der Waals surface area contributed by atoms with Crippen molar-refractivity contribution < 1.29 is 22.7 Å². The molecule has 1 fully saturated rings. The smallest absolute Gasteiger partial charge is 0.264 e. The average Bonchev–Trinajstić information content (AvgIpc) is 3.59. The molecule has 0 unspecified atom stereocenters. The third kappa shape index (κ3) is 8.46. The molecule has 0 aliphatic heterocycles. The molecule has 0 spiro atoms. The van der Waals surface area contributed by atoms with Crippen LogP contribution < -0.4 is 14.4 Å². The number of benzene rings is 4. The molecule has 1 atom stereocenters. The van der Waals surface area contributed by atoms with Gasteiger partial charge in [0.2, 0.25) is 11.8 Å². The summed E-state index contributed by atoms with van der Waals surface area (Å²) in [5.41, 5.74) is 4.03. The normalized spacial score (nSPS) is 13.9. The number of ether oxygens (including phenoxy) is 1. The molecule has 0 aromatic heterocycles. The number of aryl methyl sites for hydroxylation is 2. The summed E-state index contributed by atoms with van der Waals surface area (Å²) in [5.74, 6) is -0.248. The Labute approximate surface area is 292 Å². The Hall–Kier alpha value is -4.15. The van der Waals surface area contributed by atoms with Crippen LogP contribution in [0.3, 0.4) is 0 Å². The van der Waals surface area contributed by atoms with E-state index >= 15 is 0 Å². The number of hydrogen-bond acceptors (Lipinski definition) is 5. The highest BCUT2D eigenvalue weighted by molar-refractivity contribution is 9.10. The van der Waals surface area contributed by atoms with Crippen LogP contribution in [0.15, 0.2) is 106 Å². The van der Waals surface area contributed by atoms with E-state index in [9.17, 15) is 18.0 Å². The van der Waals surface area contributed by atoms with Crippen molar-refractivity contribution in [3.63, 3.8) is 0 Å². The lowest BCUT2D eigenvalue weighted by Gasteiger charge is -2.34. The molecule has 1 saturated carbocycles. The first-order chi connectivity index (χ1) is 23.1. The number of carbonyl (C=O) groups is 2. The summed E-state index contributed by atoms with van der Waals surface area (Å²) in [5, 5.41) is 3.22. The van der Waals surface area contributed by atoms with Crippen molar-refractivity contribution >= 4 is 43.5 Å². The minimum Gasteiger partial charge on any atom is -0.496 e. The Morgan fingerprint density at radius 1 is 0.917 bits per heavy atom. The maximum Gasteiger partial charge on any atom is 0.264 e. The van der Waals surface area contributed by atoms with Gasteiger partial charge >= 0.3 is 0 Å². The van der Waals surface area contributed by atoms with Gasteiger partial charge in [-0.2, -0.15) is 0 Å². The number of halogens is 1. The van der Waals surface area contributed by atoms with Crippen molar-refractivity contribution in [1.29, 1.82) is 0 Å². The van der Waals surface area contributed by atoms with Gasteiger partial charge in [0, 0.05) is 19.0 Å². The minimum absolute atomic E-state index is 0.00573. The van der Waals surface area contributed by atoms with Crippen LogP contribution in [0.5, 0.6) is 5.75 Å². The molecule has 10 heteroatoms. The maximum atomic E-state index is 14.7. The van der Waals surface area contributed by atoms with Gasteiger partial charge in [-0.1, -0.05) is 85.1 Å². The Kier molecular flexibility index (Phi) is 11.6. The number of sulfonamides is 1. The van der Waals surface area contributed by atoms with E-state index in [4.69, 9.17) is 4.74 Å². The summed E-state index contributed by atoms with van der Waals surface area (Å²) in [6.07, 6.45) is 4.16. The van der Waals surface area contributed by atoms with Crippen molar-refractivity contribution in [3.05, 3.63) is 124 Å². The summed E-state index contributed by atoms with van der Waals surface area (Å²) < 4.78 is 35.7. The molecule has 252 valence electrons. The lowest BCUT2D eigenvalue weighted by molar-refractivity contribution is -0.140. The van der Waals surface area contributed by atoms with Crippen molar-refractivity contribution in [2.75, 3.05) is 18.0 Å². The predicted octanol–water partition coefficient (Wildman–Crippen LogP) is 6.97. The van der Waals surface area contributed by atoms with E-state index in [1.54, 1.807) is 23.1 Å². The van der Waals surface area contributed by atoms with Crippen LogP contribution in [-0.2, 0) is 32.6 Å². The van der Waals surface area contributed by atoms with E-state index in [0.29, 0.717) is 15.9 Å². The second-order valence-electron chi connectivity index (χ2n) is 12.3. The third-order valence-corrected chi connectivity index (χ3v) is 11.3. The van der Waals surface area contributed by atoms with Crippen molar-refractivity contribution in [3.8, 4) is 5.75 Å². The van der Waals surface area contributed by atoms with Gasteiger partial charge < -0.3 is 15.0 Å². The van der Waals surface area contributed by atoms with E-state index in [2.05, 4.69) is 21.2 Å². The van der Waals surface area contributed by atoms with Crippen LogP contribution in [0.4, 0.5) is 5.69 Å². The van der Waals surface area contributed by atoms with Gasteiger partial charge in [-0.05, 0) is 89.6 Å². The first kappa shape index (κ1) is 35.2. The van der Waals surface area contributed by atoms with Crippen LogP contribution in [0.25, 0.3) is 0 Å². The maximum absolute atomic E-state index is 14.7. The van der Waals surface area contributed by atoms with Gasteiger partial charge in [-0.15, -0.1) is 0 Å². The summed E-state index contributed by atoms with van der Waals surface area (Å²) in [6, 6.07) is 28.0. The molecule has 0 bridgehead atoms. The van der Waals surface area contributed by atoms with Crippen molar-refractivity contribution in [2.45, 2.75) is 69.5 Å². The fourth-order valence-electron chi connectivity index (χ4n) is 6.07. The van der Waals surface area contributed by atoms with Crippen LogP contribution in [0.2, 0.25) is 0 Å². The molecule has 0 saturated heterocycles. The zero-order chi connectivity index (χ0) is 34.3. The molecule has 4 aromatic rings. The molecule has 0 heterocycles. The summed E-state index contributed by atoms with van der Waals surface area (Å²) in [7, 11) is -2.74. The van der Waals surface area contributed by atoms with E-state index in [1.807, 2.05) is 80.6 Å². The Bertz CT molecular complexity index is 1830. The first-order valence-electron chi connectivity index (χ1n) is 16.2. The number of nitrogens with zero attached hydrogens (tertiary/aromatic N) is 2. The molecule has 48 heavy (non-hydrogen) atoms. The van der Waals surface area contributed by atoms with Gasteiger partial charge in [0.15, 0.2) is 0 Å². The Morgan fingerprint density at radius 3 is 2.23 bits per heavy atom. The minimum atomic E-state index is -4.25. The molecule has 0 radical (unpaired) electrons. The van der Waals surface area contributed by atoms with E-state index in [1.165, 1.54) is 19.2 Å². The second kappa shape index (κ2) is 15.8. The number of anilines is 1. The lowest BCUT2D eigenvalue weighted by Crippen LogP contribution is -2.54. The van der Waals surface area contributed by atoms with Crippen LogP contribution in [-0.4, -0.2) is 50.9 Å². The number of nitrogens with one attached hydrogen (secondary N) is 1. The Morgan fingerprint density at radius 2 is 1.58 bits per heavy atom. The zero-order valence-corrected chi connectivity index (χ0v) is 30.0. The zero-order valence-electron chi connectivity index (χ0n) is 27.6. The van der Waals surface area contributed by atoms with Gasteiger partial charge in [-0.25, -0.2) is 8.42 Å². The number of rotatable bonds is 13. The molecule has 1 aliphatic rings. The fourth-order valence-corrected chi connectivity index (χ4v) is 8.20. The summed E-state index contributed by atoms with van der Waals surface area (Å²) in [6.45, 7) is 3.50. The van der Waals surface area contributed by atoms with E-state index < -0.39 is 28.5 Å². The number of amides is 2. The molecular weight excluding hydrogens is 690 g/mol. The third-order valence-electron chi connectivity index (χ3n) is 8.89. The standard InChI is InChI=1S/C38H42BrN3O5S/c1-27-17-19-32(20-18-27)42(48(45,46)33-21-22-36(47-3)34(39)24-33)26-37(43)41(25-30-14-8-7-11-28(30)2)35(23-29-12-5-4-6-13-29)38(44)40-31-15-9-10-16-31/h4-8,11-14,17-22,24,31,35H,9-10,15-16,23,25-26H2,1-3H3,(H,40,44)/t35-/m1/s1. The predicted molar refractivity (Wildman–Crippen MR) is 192 cm³/mol. The van der Waals surface area contributed by atoms with Gasteiger partial charge in [0.25, 0.3) is 10.0 Å². The van der Waals surface area contributed by atoms with Crippen molar-refractivity contribution in [1.82, 2.24) is 10.2 Å². The van der Waals surface area contributed by atoms with Crippen LogP contribution in [0.1, 0.15) is 47.9 Å². The number of methoxy groups -OCH3 is 1. The largest absolute Gasteiger partial charge is 0.496 e. The highest BCUT2D eigenvalue weighted by atomic mass is 79.9. The van der Waals surface area contributed by atoms with Gasteiger partial charge in [-0.3, -0.25) is 13.9 Å². The first-order valence-corrected chi connectivity index (χ1v) is 18.4. The molecular formula is C38H42BrN3O5S. The quantitative estimate of drug-likeness (QED) is 0.160. The molecule has 4 aromatic carbocycles. The van der Waals surface area contributed by atoms with E-state index in [-0.39, 0.29) is 29.8 Å². The topological polar surface area (TPSA) is 96.0 Å². The lowest BCUT2D eigenvalue weighted by atomic mass is 10.0.